The smallest absolute Gasteiger partial charge is 0.0849 e. The summed E-state index contributed by atoms with van der Waals surface area (Å²) in [5.74, 6) is 0. The lowest BCUT2D eigenvalue weighted by molar-refractivity contribution is 1.15. The Hall–Kier alpha value is -0.890. The van der Waals surface area contributed by atoms with Gasteiger partial charge in [0.25, 0.3) is 0 Å². The van der Waals surface area contributed by atoms with Crippen LogP contribution in [-0.4, -0.2) is 0 Å². The van der Waals surface area contributed by atoms with Crippen LogP contribution in [0.3, 0.4) is 0 Å². The van der Waals surface area contributed by atoms with Gasteiger partial charge < -0.3 is 0 Å². The number of halogens is 1. The van der Waals surface area contributed by atoms with Crippen molar-refractivity contribution in [3.8, 4) is 0 Å². The zero-order chi connectivity index (χ0) is 5.82. The summed E-state index contributed by atoms with van der Waals surface area (Å²) in [6.07, 6.45) is 0. The normalized spacial score (nSPS) is 7.56. The predicted octanol–water partition coefficient (Wildman–Crippen LogP) is 2.77. The van der Waals surface area contributed by atoms with Gasteiger partial charge in [0, 0.05) is 0 Å². The van der Waals surface area contributed by atoms with E-state index >= 15 is 0 Å². The van der Waals surface area contributed by atoms with Crippen LogP contribution in [0.5, 0.6) is 0 Å². The minimum absolute atomic E-state index is 0. The van der Waals surface area contributed by atoms with Crippen LogP contribution in [0, 0.1) is 5.53 Å². The fraction of sp³-hybridized carbons (Fsp3) is 0. The van der Waals surface area contributed by atoms with E-state index in [2.05, 4.69) is 5.11 Å². The lowest BCUT2D eigenvalue weighted by Gasteiger charge is -1.83. The second-order valence-corrected chi connectivity index (χ2v) is 1.45. The van der Waals surface area contributed by atoms with Gasteiger partial charge in [0.1, 0.15) is 0 Å². The fourth-order valence-corrected chi connectivity index (χ4v) is 0.503. The van der Waals surface area contributed by atoms with Crippen molar-refractivity contribution in [1.29, 1.82) is 5.53 Å². The zero-order valence-corrected chi connectivity index (χ0v) is 5.56. The number of nitrogens with one attached hydrogen (secondary N) is 1. The summed E-state index contributed by atoms with van der Waals surface area (Å²) in [7, 11) is 0. The third-order valence-electron chi connectivity index (χ3n) is 0.885. The van der Waals surface area contributed by atoms with E-state index in [4.69, 9.17) is 5.53 Å². The highest BCUT2D eigenvalue weighted by molar-refractivity contribution is 5.85. The van der Waals surface area contributed by atoms with Crippen LogP contribution in [0.4, 0.5) is 5.69 Å². The molecule has 3 heteroatoms. The van der Waals surface area contributed by atoms with E-state index in [1.54, 1.807) is 12.1 Å². The van der Waals surface area contributed by atoms with Crippen LogP contribution in [0.25, 0.3) is 0 Å². The lowest BCUT2D eigenvalue weighted by atomic mass is 10.3. The molecule has 0 amide bonds. The van der Waals surface area contributed by atoms with Gasteiger partial charge in [-0.15, -0.1) is 12.4 Å². The van der Waals surface area contributed by atoms with Gasteiger partial charge in [0.15, 0.2) is 0 Å². The molecule has 1 aromatic rings. The van der Waals surface area contributed by atoms with E-state index < -0.39 is 0 Å². The van der Waals surface area contributed by atoms with Gasteiger partial charge in [-0.1, -0.05) is 18.2 Å². The first-order chi connectivity index (χ1) is 3.93. The number of hydrogen-bond acceptors (Lipinski definition) is 2. The average Bonchev–Trinajstić information content (AvgIpc) is 1.90. The number of hydrogen-bond donors (Lipinski definition) is 1. The van der Waals surface area contributed by atoms with E-state index in [0.717, 1.165) is 0 Å². The number of rotatable bonds is 1. The summed E-state index contributed by atoms with van der Waals surface area (Å²) in [6.45, 7) is 0. The Morgan fingerprint density at radius 1 is 1.11 bits per heavy atom. The molecule has 0 unspecified atom stereocenters. The van der Waals surface area contributed by atoms with E-state index in [-0.39, 0.29) is 12.4 Å². The second kappa shape index (κ2) is 4.04. The van der Waals surface area contributed by atoms with E-state index in [9.17, 15) is 0 Å². The summed E-state index contributed by atoms with van der Waals surface area (Å²) < 4.78 is 0. The first-order valence-corrected chi connectivity index (χ1v) is 2.36. The van der Waals surface area contributed by atoms with E-state index in [1.807, 2.05) is 18.2 Å². The minimum atomic E-state index is 0. The Balaban J connectivity index is 0.000000640. The molecule has 1 rings (SSSR count). The summed E-state index contributed by atoms with van der Waals surface area (Å²) in [6, 6.07) is 9.18. The second-order valence-electron chi connectivity index (χ2n) is 1.45. The van der Waals surface area contributed by atoms with Crippen molar-refractivity contribution in [3.05, 3.63) is 30.3 Å². The van der Waals surface area contributed by atoms with Crippen molar-refractivity contribution in [3.63, 3.8) is 0 Å². The zero-order valence-electron chi connectivity index (χ0n) is 4.74. The number of para-hydroxylation sites is 1. The van der Waals surface area contributed by atoms with Crippen LogP contribution < -0.4 is 0 Å². The third kappa shape index (κ3) is 2.24. The largest absolute Gasteiger partial charge is 0.204 e. The van der Waals surface area contributed by atoms with Crippen LogP contribution in [0.15, 0.2) is 35.4 Å². The quantitative estimate of drug-likeness (QED) is 0.586. The highest BCUT2D eigenvalue weighted by Gasteiger charge is 1.78. The molecule has 9 heavy (non-hydrogen) atoms. The molecule has 48 valence electrons. The Morgan fingerprint density at radius 3 is 2.00 bits per heavy atom. The molecule has 0 aromatic heterocycles. The molecule has 0 bridgehead atoms. The molecule has 2 nitrogen and oxygen atoms in total. The molecule has 0 saturated heterocycles. The van der Waals surface area contributed by atoms with Crippen molar-refractivity contribution >= 4 is 18.1 Å². The molecular weight excluding hydrogens is 136 g/mol. The highest BCUT2D eigenvalue weighted by Crippen LogP contribution is 2.07. The fourth-order valence-electron chi connectivity index (χ4n) is 0.503. The topological polar surface area (TPSA) is 36.2 Å². The molecule has 0 spiro atoms. The van der Waals surface area contributed by atoms with Crippen molar-refractivity contribution in [2.24, 2.45) is 5.11 Å². The molecule has 1 N–H and O–H groups in total. The van der Waals surface area contributed by atoms with Crippen molar-refractivity contribution < 1.29 is 0 Å². The first-order valence-electron chi connectivity index (χ1n) is 2.36. The molecular formula is C6H7ClN2. The monoisotopic (exact) mass is 142 g/mol. The molecule has 0 saturated carbocycles. The maximum Gasteiger partial charge on any atom is 0.0849 e. The summed E-state index contributed by atoms with van der Waals surface area (Å²) in [5, 5.41) is 3.22. The van der Waals surface area contributed by atoms with Gasteiger partial charge in [-0.25, -0.2) is 5.53 Å². The van der Waals surface area contributed by atoms with Crippen LogP contribution in [-0.2, 0) is 0 Å². The first kappa shape index (κ1) is 8.11. The Labute approximate surface area is 59.8 Å². The Bertz CT molecular complexity index is 174. The SMILES string of the molecule is Cl.N=Nc1ccccc1. The summed E-state index contributed by atoms with van der Waals surface area (Å²) in [4.78, 5) is 0. The van der Waals surface area contributed by atoms with Crippen molar-refractivity contribution in [2.75, 3.05) is 0 Å². The minimum Gasteiger partial charge on any atom is -0.204 e. The van der Waals surface area contributed by atoms with Gasteiger partial charge in [-0.3, -0.25) is 0 Å². The van der Waals surface area contributed by atoms with Gasteiger partial charge in [-0.2, -0.15) is 5.11 Å². The Morgan fingerprint density at radius 2 is 1.67 bits per heavy atom. The van der Waals surface area contributed by atoms with Gasteiger partial charge in [-0.05, 0) is 12.1 Å². The molecule has 0 aliphatic rings. The summed E-state index contributed by atoms with van der Waals surface area (Å²) in [5.41, 5.74) is 7.27. The number of benzene rings is 1. The number of nitrogens with zero attached hydrogens (tertiary/aromatic N) is 1. The van der Waals surface area contributed by atoms with Crippen molar-refractivity contribution in [1.82, 2.24) is 0 Å². The van der Waals surface area contributed by atoms with E-state index in [0.29, 0.717) is 5.69 Å². The Kier molecular flexibility index (Phi) is 3.64. The van der Waals surface area contributed by atoms with Crippen molar-refractivity contribution in [2.45, 2.75) is 0 Å². The molecule has 0 heterocycles. The third-order valence-corrected chi connectivity index (χ3v) is 0.885. The average molecular weight is 143 g/mol. The van der Waals surface area contributed by atoms with E-state index in [1.165, 1.54) is 0 Å². The van der Waals surface area contributed by atoms with Gasteiger partial charge in [0.2, 0.25) is 0 Å². The molecule has 0 radical (unpaired) electrons. The molecule has 0 fully saturated rings. The maximum absolute atomic E-state index is 6.57. The van der Waals surface area contributed by atoms with Crippen LogP contribution in [0.1, 0.15) is 0 Å². The molecule has 1 aromatic carbocycles. The maximum atomic E-state index is 6.57. The standard InChI is InChI=1S/C6H6N2.ClH/c7-8-6-4-2-1-3-5-6;/h1-5,7H;1H. The summed E-state index contributed by atoms with van der Waals surface area (Å²) >= 11 is 0. The molecule has 0 atom stereocenters. The van der Waals surface area contributed by atoms with Crippen LogP contribution >= 0.6 is 12.4 Å². The van der Waals surface area contributed by atoms with Gasteiger partial charge >= 0.3 is 0 Å². The molecule has 0 aliphatic carbocycles. The van der Waals surface area contributed by atoms with Crippen LogP contribution in [0.2, 0.25) is 0 Å². The molecule has 0 aliphatic heterocycles. The highest BCUT2D eigenvalue weighted by atomic mass is 35.5. The predicted molar refractivity (Wildman–Crippen MR) is 38.5 cm³/mol. The lowest BCUT2D eigenvalue weighted by Crippen LogP contribution is -1.56. The van der Waals surface area contributed by atoms with Gasteiger partial charge in [0.05, 0.1) is 5.69 Å².